The molecule has 0 spiro atoms. The van der Waals surface area contributed by atoms with Crippen LogP contribution < -0.4 is 10.6 Å². The second kappa shape index (κ2) is 8.78. The molecule has 0 aromatic heterocycles. The number of nitrogens with zero attached hydrogens (tertiary/aromatic N) is 1. The number of hydrogen-bond donors (Lipinski definition) is 2. The predicted molar refractivity (Wildman–Crippen MR) is 117 cm³/mol. The summed E-state index contributed by atoms with van der Waals surface area (Å²) in [6.45, 7) is 6.34. The summed E-state index contributed by atoms with van der Waals surface area (Å²) in [4.78, 5) is 28.1. The van der Waals surface area contributed by atoms with Gasteiger partial charge in [-0.05, 0) is 61.6 Å². The fraction of sp³-hybridized carbons (Fsp3) is 0.417. The number of esters is 1. The molecule has 0 saturated carbocycles. The summed E-state index contributed by atoms with van der Waals surface area (Å²) < 4.78 is 6.02. The minimum Gasteiger partial charge on any atom is -0.508 e. The highest BCUT2D eigenvalue weighted by molar-refractivity contribution is 6.08. The Balaban J connectivity index is 1.81. The number of ether oxygens (including phenoxy) is 1. The largest absolute Gasteiger partial charge is 0.508 e. The van der Waals surface area contributed by atoms with Crippen molar-refractivity contribution >= 4 is 23.1 Å². The molecule has 30 heavy (non-hydrogen) atoms. The van der Waals surface area contributed by atoms with E-state index in [0.717, 1.165) is 11.3 Å². The van der Waals surface area contributed by atoms with Gasteiger partial charge < -0.3 is 20.5 Å². The van der Waals surface area contributed by atoms with Gasteiger partial charge in [-0.3, -0.25) is 4.79 Å². The molecule has 2 aromatic rings. The van der Waals surface area contributed by atoms with Crippen LogP contribution in [0.1, 0.15) is 39.2 Å². The van der Waals surface area contributed by atoms with E-state index in [0.29, 0.717) is 25.1 Å². The Morgan fingerprint density at radius 3 is 2.47 bits per heavy atom. The summed E-state index contributed by atoms with van der Waals surface area (Å²) in [5.74, 6) is -0.434. The van der Waals surface area contributed by atoms with E-state index in [1.165, 1.54) is 0 Å². The van der Waals surface area contributed by atoms with Gasteiger partial charge in [0, 0.05) is 24.3 Å². The second-order valence-electron chi connectivity index (χ2n) is 8.23. The van der Waals surface area contributed by atoms with Crippen LogP contribution in [-0.4, -0.2) is 35.0 Å². The Kier molecular flexibility index (Phi) is 6.34. The normalized spacial score (nSPS) is 21.5. The number of hydrogen-bond acceptors (Lipinski definition) is 6. The number of likely N-dealkylation sites (N-methyl/N-ethyl adjacent to an activating group) is 1. The van der Waals surface area contributed by atoms with Crippen LogP contribution in [0.3, 0.4) is 0 Å². The quantitative estimate of drug-likeness (QED) is 0.411. The van der Waals surface area contributed by atoms with E-state index in [1.807, 2.05) is 45.0 Å². The maximum Gasteiger partial charge on any atom is 0.337 e. The number of cyclic esters (lactones) is 1. The standard InChI is InChI=1S/C24H30N2O4/c1-4-26(19-7-5-6-18(25)14-19)22-21(28)15-24(16(2)3,30-23(22)29)13-12-17-8-10-20(27)11-9-17/h5-11,14,16,22,27H,4,12-13,15,25H2,1-3H3. The second-order valence-corrected chi connectivity index (χ2v) is 8.23. The van der Waals surface area contributed by atoms with Crippen molar-refractivity contribution in [2.24, 2.45) is 5.92 Å². The zero-order valence-electron chi connectivity index (χ0n) is 17.8. The first-order chi connectivity index (χ1) is 14.3. The Bertz CT molecular complexity index is 890. The van der Waals surface area contributed by atoms with Gasteiger partial charge in [0.05, 0.1) is 0 Å². The molecule has 2 atom stereocenters. The lowest BCUT2D eigenvalue weighted by Crippen LogP contribution is -2.59. The number of nitrogen functional groups attached to an aromatic ring is 1. The SMILES string of the molecule is CCN(c1cccc(N)c1)C1C(=O)CC(CCc2ccc(O)cc2)(C(C)C)OC1=O. The van der Waals surface area contributed by atoms with Crippen LogP contribution in [0.25, 0.3) is 0 Å². The number of aryl methyl sites for hydroxylation is 1. The molecule has 3 N–H and O–H groups in total. The molecular formula is C24H30N2O4. The van der Waals surface area contributed by atoms with Crippen LogP contribution in [-0.2, 0) is 20.7 Å². The van der Waals surface area contributed by atoms with Gasteiger partial charge in [-0.25, -0.2) is 4.79 Å². The number of ketones is 1. The number of nitrogens with two attached hydrogens (primary N) is 1. The molecule has 1 heterocycles. The third-order valence-corrected chi connectivity index (χ3v) is 5.99. The van der Waals surface area contributed by atoms with Crippen molar-refractivity contribution in [2.75, 3.05) is 17.2 Å². The Labute approximate surface area is 177 Å². The van der Waals surface area contributed by atoms with Crippen molar-refractivity contribution in [2.45, 2.75) is 51.7 Å². The average Bonchev–Trinajstić information content (AvgIpc) is 2.70. The topological polar surface area (TPSA) is 92.9 Å². The van der Waals surface area contributed by atoms with Crippen molar-refractivity contribution in [3.63, 3.8) is 0 Å². The van der Waals surface area contributed by atoms with Crippen molar-refractivity contribution in [1.29, 1.82) is 0 Å². The van der Waals surface area contributed by atoms with E-state index in [9.17, 15) is 14.7 Å². The number of Topliss-reactive ketones (excluding diaryl/α,β-unsaturated/α-hetero) is 1. The summed E-state index contributed by atoms with van der Waals surface area (Å²) in [5.41, 5.74) is 7.39. The lowest BCUT2D eigenvalue weighted by Gasteiger charge is -2.44. The van der Waals surface area contributed by atoms with E-state index in [2.05, 4.69) is 0 Å². The molecule has 2 aromatic carbocycles. The summed E-state index contributed by atoms with van der Waals surface area (Å²) in [7, 11) is 0. The summed E-state index contributed by atoms with van der Waals surface area (Å²) >= 11 is 0. The monoisotopic (exact) mass is 410 g/mol. The molecule has 6 nitrogen and oxygen atoms in total. The maximum absolute atomic E-state index is 13.2. The molecule has 0 radical (unpaired) electrons. The van der Waals surface area contributed by atoms with E-state index in [4.69, 9.17) is 10.5 Å². The molecule has 3 rings (SSSR count). The summed E-state index contributed by atoms with van der Waals surface area (Å²) in [6, 6.07) is 13.2. The van der Waals surface area contributed by atoms with Gasteiger partial charge in [-0.15, -0.1) is 0 Å². The molecule has 0 bridgehead atoms. The van der Waals surface area contributed by atoms with Gasteiger partial charge in [0.25, 0.3) is 0 Å². The smallest absolute Gasteiger partial charge is 0.337 e. The molecular weight excluding hydrogens is 380 g/mol. The number of benzene rings is 2. The van der Waals surface area contributed by atoms with Crippen LogP contribution in [0, 0.1) is 5.92 Å². The Morgan fingerprint density at radius 2 is 1.90 bits per heavy atom. The number of carbonyl (C=O) groups excluding carboxylic acids is 2. The van der Waals surface area contributed by atoms with Crippen molar-refractivity contribution in [3.05, 3.63) is 54.1 Å². The molecule has 6 heteroatoms. The highest BCUT2D eigenvalue weighted by atomic mass is 16.6. The molecule has 1 aliphatic rings. The van der Waals surface area contributed by atoms with Crippen LogP contribution in [0.4, 0.5) is 11.4 Å². The molecule has 0 amide bonds. The van der Waals surface area contributed by atoms with Crippen molar-refractivity contribution < 1.29 is 19.4 Å². The van der Waals surface area contributed by atoms with Gasteiger partial charge in [0.1, 0.15) is 11.4 Å². The minimum atomic E-state index is -0.961. The number of rotatable bonds is 7. The van der Waals surface area contributed by atoms with Gasteiger partial charge in [-0.2, -0.15) is 0 Å². The number of anilines is 2. The zero-order valence-corrected chi connectivity index (χ0v) is 17.8. The summed E-state index contributed by atoms with van der Waals surface area (Å²) in [5, 5.41) is 9.47. The maximum atomic E-state index is 13.2. The molecule has 160 valence electrons. The molecule has 2 unspecified atom stereocenters. The van der Waals surface area contributed by atoms with Gasteiger partial charge >= 0.3 is 5.97 Å². The fourth-order valence-electron chi connectivity index (χ4n) is 4.10. The van der Waals surface area contributed by atoms with E-state index < -0.39 is 17.6 Å². The first kappa shape index (κ1) is 21.7. The van der Waals surface area contributed by atoms with Gasteiger partial charge in [0.2, 0.25) is 0 Å². The van der Waals surface area contributed by atoms with Crippen molar-refractivity contribution in [1.82, 2.24) is 0 Å². The lowest BCUT2D eigenvalue weighted by molar-refractivity contribution is -0.179. The molecule has 0 aliphatic carbocycles. The minimum absolute atomic E-state index is 0.00842. The Morgan fingerprint density at radius 1 is 1.20 bits per heavy atom. The lowest BCUT2D eigenvalue weighted by atomic mass is 9.77. The van der Waals surface area contributed by atoms with Crippen LogP contribution in [0.2, 0.25) is 0 Å². The molecule has 1 saturated heterocycles. The fourth-order valence-corrected chi connectivity index (χ4v) is 4.10. The summed E-state index contributed by atoms with van der Waals surface area (Å²) in [6.07, 6.45) is 1.37. The van der Waals surface area contributed by atoms with E-state index in [1.54, 1.807) is 29.2 Å². The third kappa shape index (κ3) is 4.42. The highest BCUT2D eigenvalue weighted by Crippen LogP contribution is 2.37. The molecule has 1 aliphatic heterocycles. The Hall–Kier alpha value is -3.02. The highest BCUT2D eigenvalue weighted by Gasteiger charge is 2.50. The van der Waals surface area contributed by atoms with Crippen LogP contribution in [0.5, 0.6) is 5.75 Å². The number of aromatic hydroxyl groups is 1. The third-order valence-electron chi connectivity index (χ3n) is 5.99. The average molecular weight is 411 g/mol. The van der Waals surface area contributed by atoms with Gasteiger partial charge in [0.15, 0.2) is 11.8 Å². The van der Waals surface area contributed by atoms with Crippen LogP contribution in [0.15, 0.2) is 48.5 Å². The van der Waals surface area contributed by atoms with E-state index >= 15 is 0 Å². The number of phenols is 1. The first-order valence-corrected chi connectivity index (χ1v) is 10.4. The number of carbonyl (C=O) groups is 2. The first-order valence-electron chi connectivity index (χ1n) is 10.4. The van der Waals surface area contributed by atoms with E-state index in [-0.39, 0.29) is 23.9 Å². The molecule has 1 fully saturated rings. The van der Waals surface area contributed by atoms with Crippen LogP contribution >= 0.6 is 0 Å². The van der Waals surface area contributed by atoms with Crippen molar-refractivity contribution in [3.8, 4) is 5.75 Å². The van der Waals surface area contributed by atoms with Gasteiger partial charge in [-0.1, -0.05) is 32.0 Å². The predicted octanol–water partition coefficient (Wildman–Crippen LogP) is 3.71. The zero-order chi connectivity index (χ0) is 21.9. The number of phenolic OH excluding ortho intramolecular Hbond substituents is 1.